The van der Waals surface area contributed by atoms with Crippen LogP contribution in [0, 0.1) is 0 Å². The van der Waals surface area contributed by atoms with Gasteiger partial charge in [-0.25, -0.2) is 4.79 Å². The number of esters is 1. The number of nitrogens with one attached hydrogen (secondary N) is 1. The summed E-state index contributed by atoms with van der Waals surface area (Å²) in [7, 11) is 0. The third-order valence-corrected chi connectivity index (χ3v) is 5.36. The Kier molecular flexibility index (Phi) is 5.39. The molecule has 1 aliphatic rings. The third-order valence-electron chi connectivity index (χ3n) is 4.84. The number of pyridine rings is 1. The highest BCUT2D eigenvalue weighted by molar-refractivity contribution is 9.10. The second kappa shape index (κ2) is 8.10. The lowest BCUT2D eigenvalue weighted by atomic mass is 9.90. The molecule has 1 heterocycles. The van der Waals surface area contributed by atoms with Gasteiger partial charge < -0.3 is 10.1 Å². The second-order valence-corrected chi connectivity index (χ2v) is 7.68. The molecule has 6 heteroatoms. The van der Waals surface area contributed by atoms with Crippen molar-refractivity contribution in [3.63, 3.8) is 0 Å². The van der Waals surface area contributed by atoms with Gasteiger partial charge in [0, 0.05) is 21.2 Å². The minimum Gasteiger partial charge on any atom is -0.452 e. The zero-order chi connectivity index (χ0) is 19.5. The van der Waals surface area contributed by atoms with Crippen LogP contribution in [0.15, 0.2) is 53.0 Å². The first-order chi connectivity index (χ1) is 13.6. The molecule has 142 valence electrons. The molecule has 0 unspecified atom stereocenters. The molecule has 0 radical (unpaired) electrons. The summed E-state index contributed by atoms with van der Waals surface area (Å²) in [6.07, 6.45) is 3.77. The maximum atomic E-state index is 12.9. The molecule has 5 nitrogen and oxygen atoms in total. The third kappa shape index (κ3) is 3.92. The number of benzene rings is 2. The van der Waals surface area contributed by atoms with E-state index in [1.807, 2.05) is 36.4 Å². The summed E-state index contributed by atoms with van der Waals surface area (Å²) >= 11 is 3.35. The molecule has 0 fully saturated rings. The fourth-order valence-corrected chi connectivity index (χ4v) is 3.80. The number of hydrogen-bond acceptors (Lipinski definition) is 4. The van der Waals surface area contributed by atoms with Crippen molar-refractivity contribution < 1.29 is 14.3 Å². The van der Waals surface area contributed by atoms with Crippen LogP contribution in [-0.4, -0.2) is 23.5 Å². The van der Waals surface area contributed by atoms with Crippen LogP contribution in [0.25, 0.3) is 10.9 Å². The number of carbonyl (C=O) groups is 2. The van der Waals surface area contributed by atoms with Crippen molar-refractivity contribution in [2.24, 2.45) is 0 Å². The standard InChI is InChI=1S/C22H19BrN2O3/c23-14-9-11-15(12-10-14)24-20(26)13-28-22(27)21-16-5-1-3-7-18(16)25-19-8-4-2-6-17(19)21/h1,3,5,7,9-12H,2,4,6,8,13H2,(H,24,26). The summed E-state index contributed by atoms with van der Waals surface area (Å²) in [6, 6.07) is 14.8. The number of halogens is 1. The Morgan fingerprint density at radius 1 is 1.04 bits per heavy atom. The van der Waals surface area contributed by atoms with E-state index in [1.165, 1.54) is 0 Å². The van der Waals surface area contributed by atoms with Crippen molar-refractivity contribution in [2.45, 2.75) is 25.7 Å². The van der Waals surface area contributed by atoms with Gasteiger partial charge in [0.25, 0.3) is 5.91 Å². The Morgan fingerprint density at radius 3 is 2.61 bits per heavy atom. The van der Waals surface area contributed by atoms with Crippen LogP contribution in [0.2, 0.25) is 0 Å². The predicted molar refractivity (Wildman–Crippen MR) is 111 cm³/mol. The molecular weight excluding hydrogens is 420 g/mol. The van der Waals surface area contributed by atoms with E-state index in [9.17, 15) is 9.59 Å². The van der Waals surface area contributed by atoms with Crippen LogP contribution >= 0.6 is 15.9 Å². The summed E-state index contributed by atoms with van der Waals surface area (Å²) in [5.41, 5.74) is 3.92. The lowest BCUT2D eigenvalue weighted by molar-refractivity contribution is -0.119. The van der Waals surface area contributed by atoms with Crippen molar-refractivity contribution in [2.75, 3.05) is 11.9 Å². The van der Waals surface area contributed by atoms with E-state index in [1.54, 1.807) is 12.1 Å². The minimum atomic E-state index is -0.470. The SMILES string of the molecule is O=C(COC(=O)c1c2c(nc3ccccc13)CCCC2)Nc1ccc(Br)cc1. The van der Waals surface area contributed by atoms with Gasteiger partial charge in [-0.1, -0.05) is 34.1 Å². The number of aryl methyl sites for hydroxylation is 1. The maximum Gasteiger partial charge on any atom is 0.339 e. The Morgan fingerprint density at radius 2 is 1.79 bits per heavy atom. The molecule has 0 aliphatic heterocycles. The Labute approximate surface area is 171 Å². The number of fused-ring (bicyclic) bond motifs is 2. The van der Waals surface area contributed by atoms with Crippen molar-refractivity contribution >= 4 is 44.4 Å². The molecule has 28 heavy (non-hydrogen) atoms. The molecule has 1 amide bonds. The van der Waals surface area contributed by atoms with Crippen LogP contribution in [-0.2, 0) is 22.4 Å². The average Bonchev–Trinajstić information content (AvgIpc) is 2.72. The van der Waals surface area contributed by atoms with Gasteiger partial charge in [-0.3, -0.25) is 9.78 Å². The molecule has 2 aromatic carbocycles. The normalized spacial score (nSPS) is 13.0. The van der Waals surface area contributed by atoms with Crippen LogP contribution < -0.4 is 5.32 Å². The number of anilines is 1. The molecule has 0 atom stereocenters. The van der Waals surface area contributed by atoms with Gasteiger partial charge >= 0.3 is 5.97 Å². The van der Waals surface area contributed by atoms with E-state index in [0.29, 0.717) is 11.3 Å². The number of hydrogen-bond donors (Lipinski definition) is 1. The molecule has 0 bridgehead atoms. The highest BCUT2D eigenvalue weighted by atomic mass is 79.9. The second-order valence-electron chi connectivity index (χ2n) is 6.77. The molecule has 4 rings (SSSR count). The van der Waals surface area contributed by atoms with Crippen molar-refractivity contribution in [1.82, 2.24) is 4.98 Å². The summed E-state index contributed by atoms with van der Waals surface area (Å²) in [6.45, 7) is -0.333. The van der Waals surface area contributed by atoms with Crippen LogP contribution in [0.4, 0.5) is 5.69 Å². The number of ether oxygens (including phenoxy) is 1. The van der Waals surface area contributed by atoms with E-state index >= 15 is 0 Å². The number of para-hydroxylation sites is 1. The summed E-state index contributed by atoms with van der Waals surface area (Å²) in [4.78, 5) is 29.8. The van der Waals surface area contributed by atoms with Crippen molar-refractivity contribution in [1.29, 1.82) is 0 Å². The highest BCUT2D eigenvalue weighted by Gasteiger charge is 2.24. The highest BCUT2D eigenvalue weighted by Crippen LogP contribution is 2.29. The summed E-state index contributed by atoms with van der Waals surface area (Å²) in [5, 5.41) is 3.51. The zero-order valence-corrected chi connectivity index (χ0v) is 16.8. The molecular formula is C22H19BrN2O3. The largest absolute Gasteiger partial charge is 0.452 e. The van der Waals surface area contributed by atoms with E-state index in [-0.39, 0.29) is 12.5 Å². The summed E-state index contributed by atoms with van der Waals surface area (Å²) in [5.74, 6) is -0.842. The first-order valence-corrected chi connectivity index (χ1v) is 10.0. The number of rotatable bonds is 4. The van der Waals surface area contributed by atoms with Crippen LogP contribution in [0.5, 0.6) is 0 Å². The van der Waals surface area contributed by atoms with E-state index in [4.69, 9.17) is 9.72 Å². The van der Waals surface area contributed by atoms with Gasteiger partial charge in [-0.05, 0) is 61.6 Å². The fraction of sp³-hybridized carbons (Fsp3) is 0.227. The quantitative estimate of drug-likeness (QED) is 0.600. The number of nitrogens with zero attached hydrogens (tertiary/aromatic N) is 1. The number of amides is 1. The number of carbonyl (C=O) groups excluding carboxylic acids is 2. The van der Waals surface area contributed by atoms with Gasteiger partial charge in [0.05, 0.1) is 11.1 Å². The molecule has 1 N–H and O–H groups in total. The van der Waals surface area contributed by atoms with E-state index in [0.717, 1.165) is 52.3 Å². The van der Waals surface area contributed by atoms with Gasteiger partial charge in [-0.15, -0.1) is 0 Å². The molecule has 3 aromatic rings. The van der Waals surface area contributed by atoms with Crippen molar-refractivity contribution in [3.05, 3.63) is 69.8 Å². The lowest BCUT2D eigenvalue weighted by Gasteiger charge is -2.19. The fourth-order valence-electron chi connectivity index (χ4n) is 3.54. The van der Waals surface area contributed by atoms with E-state index < -0.39 is 5.97 Å². The Hall–Kier alpha value is -2.73. The average molecular weight is 439 g/mol. The topological polar surface area (TPSA) is 68.3 Å². The van der Waals surface area contributed by atoms with Gasteiger partial charge in [0.15, 0.2) is 6.61 Å². The Bertz CT molecular complexity index is 1050. The lowest BCUT2D eigenvalue weighted by Crippen LogP contribution is -2.22. The Balaban J connectivity index is 1.54. The van der Waals surface area contributed by atoms with Crippen LogP contribution in [0.1, 0.15) is 34.5 Å². The molecule has 0 saturated carbocycles. The minimum absolute atomic E-state index is 0.333. The smallest absolute Gasteiger partial charge is 0.339 e. The van der Waals surface area contributed by atoms with Gasteiger partial charge in [0.1, 0.15) is 0 Å². The van der Waals surface area contributed by atoms with Gasteiger partial charge in [-0.2, -0.15) is 0 Å². The molecule has 1 aromatic heterocycles. The molecule has 1 aliphatic carbocycles. The molecule has 0 saturated heterocycles. The van der Waals surface area contributed by atoms with Crippen molar-refractivity contribution in [3.8, 4) is 0 Å². The number of aromatic nitrogens is 1. The zero-order valence-electron chi connectivity index (χ0n) is 15.2. The molecule has 0 spiro atoms. The monoisotopic (exact) mass is 438 g/mol. The van der Waals surface area contributed by atoms with E-state index in [2.05, 4.69) is 21.2 Å². The summed E-state index contributed by atoms with van der Waals surface area (Å²) < 4.78 is 6.29. The maximum absolute atomic E-state index is 12.9. The first kappa shape index (κ1) is 18.6. The first-order valence-electron chi connectivity index (χ1n) is 9.25. The predicted octanol–water partition coefficient (Wildman–Crippen LogP) is 4.67. The van der Waals surface area contributed by atoms with Crippen LogP contribution in [0.3, 0.4) is 0 Å². The van der Waals surface area contributed by atoms with Gasteiger partial charge in [0.2, 0.25) is 0 Å².